The number of unbranched alkanes of at least 4 members (excludes halogenated alkanes) is 1. The second kappa shape index (κ2) is 7.10. The minimum atomic E-state index is -2.89. The summed E-state index contributed by atoms with van der Waals surface area (Å²) in [5, 5.41) is 0. The zero-order valence-corrected chi connectivity index (χ0v) is 12.0. The van der Waals surface area contributed by atoms with E-state index in [2.05, 4.69) is 6.92 Å². The van der Waals surface area contributed by atoms with Crippen LogP contribution >= 0.6 is 26.8 Å². The van der Waals surface area contributed by atoms with Gasteiger partial charge < -0.3 is 2.85 Å². The van der Waals surface area contributed by atoms with E-state index < -0.39 is 15.0 Å². The van der Waals surface area contributed by atoms with Gasteiger partial charge in [0.1, 0.15) is 0 Å². The van der Waals surface area contributed by atoms with Crippen LogP contribution in [-0.2, 0) is 0 Å². The summed E-state index contributed by atoms with van der Waals surface area (Å²) in [6.07, 6.45) is 2.21. The molecule has 0 radical (unpaired) electrons. The summed E-state index contributed by atoms with van der Waals surface area (Å²) in [7, 11) is 17.0. The van der Waals surface area contributed by atoms with Crippen molar-refractivity contribution in [1.82, 2.24) is 0 Å². The molecule has 0 fully saturated rings. The Labute approximate surface area is 90.8 Å². The van der Waals surface area contributed by atoms with Crippen LogP contribution in [0.4, 0.5) is 0 Å². The Morgan fingerprint density at radius 3 is 1.89 bits per heavy atom. The van der Waals surface area contributed by atoms with Crippen LogP contribution < -0.4 is 0 Å². The minimum Gasteiger partial charge on any atom is -1.00 e. The van der Waals surface area contributed by atoms with Crippen LogP contribution in [0.1, 0.15) is 22.6 Å². The summed E-state index contributed by atoms with van der Waals surface area (Å²) in [5.74, 6) is 0. The third-order valence-corrected chi connectivity index (χ3v) is 7.24. The van der Waals surface area contributed by atoms with Crippen molar-refractivity contribution in [3.05, 3.63) is 0 Å². The standard InChI is InChI=1S/C4H9.3ClH.Mg.Sn.2H/c1-3-4-2;;;;;;;/h1,3-4H2,2H3;3*1H;;;;/q;;;;+2;+3;2*-1/p-3. The van der Waals surface area contributed by atoms with E-state index in [1.54, 1.807) is 0 Å². The molecule has 0 spiro atoms. The van der Waals surface area contributed by atoms with E-state index >= 15 is 0 Å². The molecule has 0 unspecified atom stereocenters. The van der Waals surface area contributed by atoms with Crippen LogP contribution in [0, 0.1) is 0 Å². The summed E-state index contributed by atoms with van der Waals surface area (Å²) in [6.45, 7) is 2.10. The maximum Gasteiger partial charge on any atom is 2.00 e. The molecule has 0 aliphatic carbocycles. The van der Waals surface area contributed by atoms with Gasteiger partial charge in [0.2, 0.25) is 0 Å². The van der Waals surface area contributed by atoms with Crippen molar-refractivity contribution in [1.29, 1.82) is 0 Å². The quantitative estimate of drug-likeness (QED) is 0.702. The van der Waals surface area contributed by atoms with Crippen LogP contribution in [0.5, 0.6) is 0 Å². The van der Waals surface area contributed by atoms with Gasteiger partial charge in [0.15, 0.2) is 0 Å². The maximum absolute atomic E-state index is 5.65. The second-order valence-electron chi connectivity index (χ2n) is 1.72. The third-order valence-electron chi connectivity index (χ3n) is 0.814. The smallest absolute Gasteiger partial charge is 1.00 e. The first-order valence-corrected chi connectivity index (χ1v) is 15.5. The maximum atomic E-state index is 5.65. The second-order valence-corrected chi connectivity index (χ2v) is 23.5. The van der Waals surface area contributed by atoms with E-state index in [9.17, 15) is 0 Å². The van der Waals surface area contributed by atoms with E-state index in [-0.39, 0.29) is 25.9 Å². The molecule has 0 atom stereocenters. The fourth-order valence-corrected chi connectivity index (χ4v) is 5.22. The van der Waals surface area contributed by atoms with Gasteiger partial charge in [-0.25, -0.2) is 0 Å². The topological polar surface area (TPSA) is 0 Å². The van der Waals surface area contributed by atoms with Crippen molar-refractivity contribution in [2.45, 2.75) is 24.2 Å². The normalized spacial score (nSPS) is 10.7. The fourth-order valence-electron chi connectivity index (χ4n) is 0.377. The van der Waals surface area contributed by atoms with Gasteiger partial charge in [-0.05, 0) is 0 Å². The van der Waals surface area contributed by atoms with Gasteiger partial charge >= 0.3 is 89.0 Å². The van der Waals surface area contributed by atoms with Crippen LogP contribution in [0.15, 0.2) is 0 Å². The van der Waals surface area contributed by atoms with Crippen molar-refractivity contribution in [2.75, 3.05) is 0 Å². The van der Waals surface area contributed by atoms with E-state index in [1.807, 2.05) is 0 Å². The van der Waals surface area contributed by atoms with Gasteiger partial charge in [0.25, 0.3) is 0 Å². The summed E-state index contributed by atoms with van der Waals surface area (Å²) < 4.78 is 0.871. The SMILES string of the molecule is CCC[CH2][Sn]([Cl])([Cl])[Cl].[H-].[H-].[Mg+2]. The fraction of sp³-hybridized carbons (Fsp3) is 1.00. The Bertz CT molecular complexity index is 70.8. The molecule has 0 aliphatic rings. The van der Waals surface area contributed by atoms with Gasteiger partial charge in [0.05, 0.1) is 0 Å². The first-order chi connectivity index (χ1) is 3.56. The van der Waals surface area contributed by atoms with Crippen LogP contribution in [0.2, 0.25) is 4.44 Å². The number of hydrogen-bond donors (Lipinski definition) is 0. The predicted octanol–water partition coefficient (Wildman–Crippen LogP) is 3.29. The van der Waals surface area contributed by atoms with Crippen molar-refractivity contribution < 1.29 is 2.85 Å². The molecule has 5 heteroatoms. The zero-order chi connectivity index (χ0) is 6.62. The zero-order valence-electron chi connectivity index (χ0n) is 7.46. The van der Waals surface area contributed by atoms with E-state index in [1.165, 1.54) is 0 Å². The Balaban J connectivity index is -0.0000000817. The van der Waals surface area contributed by atoms with Crippen molar-refractivity contribution in [3.63, 3.8) is 0 Å². The molecule has 54 valence electrons. The van der Waals surface area contributed by atoms with Crippen molar-refractivity contribution in [3.8, 4) is 0 Å². The number of hydrogen-bond acceptors (Lipinski definition) is 0. The average Bonchev–Trinajstić information content (AvgIpc) is 1.59. The molecule has 0 amide bonds. The molecule has 0 saturated heterocycles. The third kappa shape index (κ3) is 13.4. The number of halogens is 3. The van der Waals surface area contributed by atoms with Crippen molar-refractivity contribution >= 4 is 64.8 Å². The first kappa shape index (κ1) is 14.0. The summed E-state index contributed by atoms with van der Waals surface area (Å²) in [4.78, 5) is 0. The largest absolute Gasteiger partial charge is 2.00 e. The van der Waals surface area contributed by atoms with Crippen molar-refractivity contribution in [2.24, 2.45) is 0 Å². The monoisotopic (exact) mass is 308 g/mol. The molecular formula is C4H11Cl3MgSn. The molecule has 0 aliphatic heterocycles. The Morgan fingerprint density at radius 2 is 1.78 bits per heavy atom. The van der Waals surface area contributed by atoms with Gasteiger partial charge in [-0.2, -0.15) is 0 Å². The first-order valence-electron chi connectivity index (χ1n) is 2.63. The molecular weight excluding hydrogens is 297 g/mol. The molecule has 0 rings (SSSR count). The van der Waals surface area contributed by atoms with Crippen LogP contribution in [0.25, 0.3) is 0 Å². The molecule has 0 N–H and O–H groups in total. The van der Waals surface area contributed by atoms with Gasteiger partial charge in [-0.3, -0.25) is 0 Å². The Hall–Kier alpha value is 2.43. The summed E-state index contributed by atoms with van der Waals surface area (Å²) >= 11 is -2.89. The van der Waals surface area contributed by atoms with Gasteiger partial charge in [-0.1, -0.05) is 0 Å². The molecule has 0 nitrogen and oxygen atoms in total. The molecule has 9 heavy (non-hydrogen) atoms. The molecule has 0 aromatic heterocycles. The molecule has 0 bridgehead atoms. The number of rotatable bonds is 3. The Morgan fingerprint density at radius 1 is 1.33 bits per heavy atom. The van der Waals surface area contributed by atoms with E-state index in [4.69, 9.17) is 26.8 Å². The van der Waals surface area contributed by atoms with E-state index in [0.29, 0.717) is 0 Å². The Kier molecular flexibility index (Phi) is 11.0. The molecule has 0 aromatic carbocycles. The minimum absolute atomic E-state index is 0. The summed E-state index contributed by atoms with van der Waals surface area (Å²) in [6, 6.07) is 0. The predicted molar refractivity (Wildman–Crippen MR) is 51.0 cm³/mol. The van der Waals surface area contributed by atoms with Crippen LogP contribution in [0.3, 0.4) is 0 Å². The molecule has 0 heterocycles. The molecule has 0 aromatic rings. The van der Waals surface area contributed by atoms with E-state index in [0.717, 1.165) is 17.3 Å². The van der Waals surface area contributed by atoms with Crippen LogP contribution in [-0.4, -0.2) is 38.0 Å². The summed E-state index contributed by atoms with van der Waals surface area (Å²) in [5.41, 5.74) is 0. The average molecular weight is 309 g/mol. The van der Waals surface area contributed by atoms with Gasteiger partial charge in [-0.15, -0.1) is 0 Å². The molecule has 0 saturated carbocycles. The van der Waals surface area contributed by atoms with Gasteiger partial charge in [0, 0.05) is 0 Å².